The number of amides is 1. The molecule has 1 aliphatic heterocycles. The lowest BCUT2D eigenvalue weighted by atomic mass is 9.80. The Morgan fingerprint density at radius 2 is 2.16 bits per heavy atom. The zero-order chi connectivity index (χ0) is 14.0. The van der Waals surface area contributed by atoms with Gasteiger partial charge in [0.1, 0.15) is 6.17 Å². The van der Waals surface area contributed by atoms with Crippen LogP contribution in [0.25, 0.3) is 0 Å². The van der Waals surface area contributed by atoms with Gasteiger partial charge < -0.3 is 11.1 Å². The first-order chi connectivity index (χ1) is 9.02. The quantitative estimate of drug-likeness (QED) is 0.879. The zero-order valence-electron chi connectivity index (χ0n) is 10.2. The van der Waals surface area contributed by atoms with E-state index in [-0.39, 0.29) is 12.1 Å². The van der Waals surface area contributed by atoms with Crippen LogP contribution in [0.4, 0.5) is 13.2 Å². The van der Waals surface area contributed by atoms with Crippen LogP contribution in [-0.4, -0.2) is 19.0 Å². The summed E-state index contributed by atoms with van der Waals surface area (Å²) in [6.07, 6.45) is -1.36. The molecule has 1 amide bonds. The van der Waals surface area contributed by atoms with Crippen LogP contribution in [0.2, 0.25) is 0 Å². The SMILES string of the molecule is NC(=O)C1CCNCC1C(F)c1cccc(F)c1F. The maximum absolute atomic E-state index is 14.4. The molecule has 19 heavy (non-hydrogen) atoms. The average Bonchev–Trinajstić information content (AvgIpc) is 2.41. The minimum atomic E-state index is -1.76. The first-order valence-electron chi connectivity index (χ1n) is 6.10. The molecule has 0 saturated carbocycles. The van der Waals surface area contributed by atoms with Gasteiger partial charge in [-0.05, 0) is 19.0 Å². The number of nitrogens with two attached hydrogens (primary N) is 1. The van der Waals surface area contributed by atoms with Crippen molar-refractivity contribution in [2.75, 3.05) is 13.1 Å². The third kappa shape index (κ3) is 2.73. The molecule has 0 spiro atoms. The molecule has 104 valence electrons. The predicted molar refractivity (Wildman–Crippen MR) is 63.9 cm³/mol. The number of rotatable bonds is 3. The number of halogens is 3. The monoisotopic (exact) mass is 272 g/mol. The molecule has 2 rings (SSSR count). The molecule has 0 bridgehead atoms. The van der Waals surface area contributed by atoms with Crippen molar-refractivity contribution in [1.82, 2.24) is 5.32 Å². The summed E-state index contributed by atoms with van der Waals surface area (Å²) in [5.41, 5.74) is 4.88. The summed E-state index contributed by atoms with van der Waals surface area (Å²) < 4.78 is 41.1. The van der Waals surface area contributed by atoms with Crippen molar-refractivity contribution in [1.29, 1.82) is 0 Å². The minimum Gasteiger partial charge on any atom is -0.369 e. The van der Waals surface area contributed by atoms with Gasteiger partial charge >= 0.3 is 0 Å². The first kappa shape index (κ1) is 13.9. The van der Waals surface area contributed by atoms with Crippen molar-refractivity contribution in [3.63, 3.8) is 0 Å². The van der Waals surface area contributed by atoms with E-state index in [1.54, 1.807) is 0 Å². The fourth-order valence-electron chi connectivity index (χ4n) is 2.51. The molecule has 1 heterocycles. The van der Waals surface area contributed by atoms with E-state index < -0.39 is 35.5 Å². The average molecular weight is 272 g/mol. The molecule has 1 aliphatic rings. The van der Waals surface area contributed by atoms with Crippen molar-refractivity contribution >= 4 is 5.91 Å². The van der Waals surface area contributed by atoms with Gasteiger partial charge in [-0.25, -0.2) is 13.2 Å². The number of hydrogen-bond acceptors (Lipinski definition) is 2. The Morgan fingerprint density at radius 1 is 1.42 bits per heavy atom. The lowest BCUT2D eigenvalue weighted by Crippen LogP contribution is -2.44. The Hall–Kier alpha value is -1.56. The van der Waals surface area contributed by atoms with Gasteiger partial charge in [-0.1, -0.05) is 12.1 Å². The van der Waals surface area contributed by atoms with E-state index in [1.165, 1.54) is 12.1 Å². The van der Waals surface area contributed by atoms with Gasteiger partial charge in [0, 0.05) is 23.9 Å². The normalized spacial score (nSPS) is 25.0. The van der Waals surface area contributed by atoms with Gasteiger partial charge in [0.2, 0.25) is 5.91 Å². The molecule has 0 radical (unpaired) electrons. The Kier molecular flexibility index (Phi) is 4.09. The molecule has 0 aromatic heterocycles. The van der Waals surface area contributed by atoms with E-state index in [9.17, 15) is 18.0 Å². The lowest BCUT2D eigenvalue weighted by molar-refractivity contribution is -0.125. The summed E-state index contributed by atoms with van der Waals surface area (Å²) in [5.74, 6) is -4.35. The van der Waals surface area contributed by atoms with Crippen molar-refractivity contribution in [2.24, 2.45) is 17.6 Å². The number of hydrogen-bond donors (Lipinski definition) is 2. The molecule has 1 saturated heterocycles. The lowest BCUT2D eigenvalue weighted by Gasteiger charge is -2.32. The highest BCUT2D eigenvalue weighted by Gasteiger charge is 2.37. The van der Waals surface area contributed by atoms with Crippen LogP contribution < -0.4 is 11.1 Å². The predicted octanol–water partition coefficient (Wildman–Crippen LogP) is 1.69. The van der Waals surface area contributed by atoms with E-state index in [4.69, 9.17) is 5.73 Å². The maximum Gasteiger partial charge on any atom is 0.221 e. The van der Waals surface area contributed by atoms with Crippen molar-refractivity contribution in [3.8, 4) is 0 Å². The number of primary amides is 1. The second-order valence-electron chi connectivity index (χ2n) is 4.71. The molecule has 1 aromatic rings. The van der Waals surface area contributed by atoms with Gasteiger partial charge in [0.15, 0.2) is 11.6 Å². The van der Waals surface area contributed by atoms with Crippen molar-refractivity contribution in [2.45, 2.75) is 12.6 Å². The molecule has 1 fully saturated rings. The summed E-state index contributed by atoms with van der Waals surface area (Å²) in [5, 5.41) is 2.94. The van der Waals surface area contributed by atoms with Crippen LogP contribution in [-0.2, 0) is 4.79 Å². The summed E-state index contributed by atoms with van der Waals surface area (Å²) in [6.45, 7) is 0.771. The van der Waals surface area contributed by atoms with Gasteiger partial charge in [0.05, 0.1) is 0 Å². The molecule has 3 unspecified atom stereocenters. The van der Waals surface area contributed by atoms with Crippen LogP contribution in [0.5, 0.6) is 0 Å². The molecule has 1 aromatic carbocycles. The third-order valence-corrected chi connectivity index (χ3v) is 3.55. The number of benzene rings is 1. The second kappa shape index (κ2) is 5.61. The fourth-order valence-corrected chi connectivity index (χ4v) is 2.51. The number of carbonyl (C=O) groups excluding carboxylic acids is 1. The van der Waals surface area contributed by atoms with E-state index >= 15 is 0 Å². The van der Waals surface area contributed by atoms with Gasteiger partial charge in [-0.2, -0.15) is 0 Å². The maximum atomic E-state index is 14.4. The topological polar surface area (TPSA) is 55.1 Å². The summed E-state index contributed by atoms with van der Waals surface area (Å²) in [6, 6.07) is 3.36. The number of carbonyl (C=O) groups is 1. The molecule has 3 N–H and O–H groups in total. The molecule has 3 nitrogen and oxygen atoms in total. The van der Waals surface area contributed by atoms with Crippen LogP contribution in [0.15, 0.2) is 18.2 Å². The number of piperidine rings is 1. The Balaban J connectivity index is 2.28. The minimum absolute atomic E-state index is 0.213. The number of nitrogens with one attached hydrogen (secondary N) is 1. The van der Waals surface area contributed by atoms with Crippen LogP contribution in [0.3, 0.4) is 0 Å². The Labute approximate surface area is 109 Å². The van der Waals surface area contributed by atoms with Gasteiger partial charge in [-0.3, -0.25) is 4.79 Å². The highest BCUT2D eigenvalue weighted by Crippen LogP contribution is 2.36. The zero-order valence-corrected chi connectivity index (χ0v) is 10.2. The molecule has 3 atom stereocenters. The Morgan fingerprint density at radius 3 is 2.84 bits per heavy atom. The summed E-state index contributed by atoms with van der Waals surface area (Å²) >= 11 is 0. The Bertz CT molecular complexity index is 481. The van der Waals surface area contributed by atoms with E-state index in [1.807, 2.05) is 0 Å². The van der Waals surface area contributed by atoms with Crippen LogP contribution >= 0.6 is 0 Å². The van der Waals surface area contributed by atoms with E-state index in [2.05, 4.69) is 5.32 Å². The van der Waals surface area contributed by atoms with Gasteiger partial charge in [0.25, 0.3) is 0 Å². The van der Waals surface area contributed by atoms with Crippen molar-refractivity contribution in [3.05, 3.63) is 35.4 Å². The smallest absolute Gasteiger partial charge is 0.221 e. The standard InChI is InChI=1S/C13H15F3N2O/c14-10-3-1-2-8(12(10)16)11(15)9-6-18-5-4-7(9)13(17)19/h1-3,7,9,11,18H,4-6H2,(H2,17,19). The third-order valence-electron chi connectivity index (χ3n) is 3.55. The molecule has 0 aliphatic carbocycles. The van der Waals surface area contributed by atoms with Crippen LogP contribution in [0, 0.1) is 23.5 Å². The summed E-state index contributed by atoms with van der Waals surface area (Å²) in [7, 11) is 0. The molecular formula is C13H15F3N2O. The second-order valence-corrected chi connectivity index (χ2v) is 4.71. The van der Waals surface area contributed by atoms with E-state index in [0.717, 1.165) is 6.07 Å². The molecule has 6 heteroatoms. The number of alkyl halides is 1. The summed E-state index contributed by atoms with van der Waals surface area (Å²) in [4.78, 5) is 11.3. The highest BCUT2D eigenvalue weighted by molar-refractivity contribution is 5.77. The van der Waals surface area contributed by atoms with E-state index in [0.29, 0.717) is 13.0 Å². The molecular weight excluding hydrogens is 257 g/mol. The van der Waals surface area contributed by atoms with Gasteiger partial charge in [-0.15, -0.1) is 0 Å². The first-order valence-corrected chi connectivity index (χ1v) is 6.10. The largest absolute Gasteiger partial charge is 0.369 e. The fraction of sp³-hybridized carbons (Fsp3) is 0.462. The van der Waals surface area contributed by atoms with Crippen LogP contribution in [0.1, 0.15) is 18.2 Å². The van der Waals surface area contributed by atoms with Crippen molar-refractivity contribution < 1.29 is 18.0 Å². The highest BCUT2D eigenvalue weighted by atomic mass is 19.2.